The first-order valence-electron chi connectivity index (χ1n) is 7.45. The normalized spacial score (nSPS) is 11.1. The Bertz CT molecular complexity index is 303. The van der Waals surface area contributed by atoms with E-state index in [1.807, 2.05) is 0 Å². The van der Waals surface area contributed by atoms with Gasteiger partial charge in [0.05, 0.1) is 6.10 Å². The van der Waals surface area contributed by atoms with Gasteiger partial charge in [-0.1, -0.05) is 58.8 Å². The van der Waals surface area contributed by atoms with Crippen molar-refractivity contribution in [1.29, 1.82) is 0 Å². The minimum absolute atomic E-state index is 0. The van der Waals surface area contributed by atoms with Crippen molar-refractivity contribution in [1.82, 2.24) is 0 Å². The predicted octanol–water partition coefficient (Wildman–Crippen LogP) is -1.76. The molecule has 14 heteroatoms. The fraction of sp³-hybridized carbons (Fsp3) is 1.00. The van der Waals surface area contributed by atoms with E-state index in [1.165, 1.54) is 44.9 Å². The standard InChI is InChI=1S/C12H26O.2H3O4P.3Zn/c1-3-5-7-8-9-11-12(13)10-6-4-2;2*1-5(2,3)4;;;/h12-13H,3-11H2,1-2H3;2*(H3,1,2,3,4);;;/q;;;3*+2/p-6. The SMILES string of the molecule is CCCCCCCC(O)CCCC.O=P([O-])([O-])[O-].O=P([O-])([O-])[O-].[Zn+2].[Zn+2].[Zn+2]. The largest absolute Gasteiger partial charge is 2.00 e. The van der Waals surface area contributed by atoms with Crippen molar-refractivity contribution >= 4 is 15.6 Å². The molecule has 0 heterocycles. The van der Waals surface area contributed by atoms with Gasteiger partial charge in [-0.15, -0.1) is 0 Å². The fourth-order valence-electron chi connectivity index (χ4n) is 1.57. The number of rotatable bonds is 9. The molecule has 1 N–H and O–H groups in total. The molecule has 0 bridgehead atoms. The van der Waals surface area contributed by atoms with Crippen molar-refractivity contribution in [2.45, 2.75) is 77.7 Å². The van der Waals surface area contributed by atoms with Gasteiger partial charge in [-0.3, -0.25) is 0 Å². The zero-order valence-corrected chi connectivity index (χ0v) is 26.4. The first-order valence-corrected chi connectivity index (χ1v) is 10.4. The molecule has 0 aliphatic rings. The molecule has 0 saturated carbocycles. The Morgan fingerprint density at radius 3 is 1.23 bits per heavy atom. The van der Waals surface area contributed by atoms with Gasteiger partial charge in [0, 0.05) is 0 Å². The maximum Gasteiger partial charge on any atom is 2.00 e. The van der Waals surface area contributed by atoms with Crippen molar-refractivity contribution in [2.24, 2.45) is 0 Å². The minimum Gasteiger partial charge on any atom is -0.822 e. The molecule has 0 saturated heterocycles. The van der Waals surface area contributed by atoms with Crippen LogP contribution in [0, 0.1) is 0 Å². The van der Waals surface area contributed by atoms with Crippen molar-refractivity contribution in [2.75, 3.05) is 0 Å². The molecule has 0 radical (unpaired) electrons. The maximum absolute atomic E-state index is 9.54. The van der Waals surface area contributed by atoms with Crippen molar-refractivity contribution in [3.05, 3.63) is 0 Å². The number of aliphatic hydroxyl groups excluding tert-OH is 1. The topological polar surface area (TPSA) is 193 Å². The summed E-state index contributed by atoms with van der Waals surface area (Å²) in [5.74, 6) is 0. The van der Waals surface area contributed by atoms with E-state index in [-0.39, 0.29) is 64.5 Å². The molecule has 1 atom stereocenters. The number of aliphatic hydroxyl groups is 1. The molecule has 26 heavy (non-hydrogen) atoms. The fourth-order valence-corrected chi connectivity index (χ4v) is 1.57. The van der Waals surface area contributed by atoms with Gasteiger partial charge in [-0.2, -0.15) is 15.6 Å². The number of phosphoric acid groups is 2. The molecule has 0 fully saturated rings. The van der Waals surface area contributed by atoms with Crippen LogP contribution in [0.4, 0.5) is 0 Å². The number of unbranched alkanes of at least 4 members (excludes halogenated alkanes) is 5. The summed E-state index contributed by atoms with van der Waals surface area (Å²) in [7, 11) is -10.8. The van der Waals surface area contributed by atoms with Crippen LogP contribution in [-0.4, -0.2) is 11.2 Å². The van der Waals surface area contributed by atoms with Crippen LogP contribution < -0.4 is 29.4 Å². The molecular weight excluding hydrogens is 546 g/mol. The van der Waals surface area contributed by atoms with E-state index in [0.29, 0.717) is 0 Å². The third-order valence-corrected chi connectivity index (χ3v) is 2.53. The Morgan fingerprint density at radius 2 is 0.923 bits per heavy atom. The van der Waals surface area contributed by atoms with Gasteiger partial charge in [0.15, 0.2) is 0 Å². The van der Waals surface area contributed by atoms with Crippen molar-refractivity contribution < 1.29 is 102 Å². The monoisotopic (exact) mass is 568 g/mol. The third-order valence-electron chi connectivity index (χ3n) is 2.53. The van der Waals surface area contributed by atoms with Crippen molar-refractivity contribution in [3.63, 3.8) is 0 Å². The van der Waals surface area contributed by atoms with Crippen LogP contribution in [0.25, 0.3) is 0 Å². The summed E-state index contributed by atoms with van der Waals surface area (Å²) < 4.78 is 17.1. The van der Waals surface area contributed by atoms with E-state index in [1.54, 1.807) is 0 Å². The summed E-state index contributed by atoms with van der Waals surface area (Å²) in [6.45, 7) is 4.41. The van der Waals surface area contributed by atoms with Gasteiger partial charge in [0.25, 0.3) is 0 Å². The molecular formula is C12H26O9P2Zn3. The summed E-state index contributed by atoms with van der Waals surface area (Å²) in [5.41, 5.74) is 0. The van der Waals surface area contributed by atoms with E-state index < -0.39 is 15.6 Å². The van der Waals surface area contributed by atoms with E-state index in [9.17, 15) is 5.11 Å². The number of hydrogen-bond acceptors (Lipinski definition) is 9. The molecule has 9 nitrogen and oxygen atoms in total. The van der Waals surface area contributed by atoms with E-state index >= 15 is 0 Å². The zero-order chi connectivity index (χ0) is 18.9. The van der Waals surface area contributed by atoms with Gasteiger partial charge in [0.2, 0.25) is 0 Å². The Kier molecular flexibility index (Phi) is 43.9. The van der Waals surface area contributed by atoms with Gasteiger partial charge in [-0.25, -0.2) is 0 Å². The van der Waals surface area contributed by atoms with Gasteiger partial charge in [0.1, 0.15) is 0 Å². The van der Waals surface area contributed by atoms with Gasteiger partial charge >= 0.3 is 58.4 Å². The van der Waals surface area contributed by atoms with E-state index in [4.69, 9.17) is 38.5 Å². The Morgan fingerprint density at radius 1 is 0.654 bits per heavy atom. The molecule has 0 aromatic carbocycles. The summed E-state index contributed by atoms with van der Waals surface area (Å²) in [6.07, 6.45) is 10.9. The summed E-state index contributed by atoms with van der Waals surface area (Å²) in [6, 6.07) is 0. The molecule has 144 valence electrons. The zero-order valence-electron chi connectivity index (χ0n) is 15.7. The maximum atomic E-state index is 9.54. The Balaban J connectivity index is -0.0000000652. The van der Waals surface area contributed by atoms with Crippen LogP contribution in [0.2, 0.25) is 0 Å². The summed E-state index contributed by atoms with van der Waals surface area (Å²) in [4.78, 5) is 51.3. The molecule has 0 aromatic rings. The molecule has 0 aliphatic heterocycles. The average Bonchev–Trinajstić information content (AvgIpc) is 2.32. The average molecular weight is 572 g/mol. The predicted molar refractivity (Wildman–Crippen MR) is 74.1 cm³/mol. The third kappa shape index (κ3) is 96.0. The van der Waals surface area contributed by atoms with Crippen LogP contribution in [0.5, 0.6) is 0 Å². The first-order chi connectivity index (χ1) is 10.3. The first kappa shape index (κ1) is 42.2. The number of hydrogen-bond donors (Lipinski definition) is 1. The van der Waals surface area contributed by atoms with Crippen LogP contribution in [0.3, 0.4) is 0 Å². The van der Waals surface area contributed by atoms with Gasteiger partial charge in [-0.05, 0) is 12.8 Å². The quantitative estimate of drug-likeness (QED) is 0.189. The van der Waals surface area contributed by atoms with E-state index in [0.717, 1.165) is 12.8 Å². The minimum atomic E-state index is -5.39. The molecule has 0 aliphatic carbocycles. The molecule has 0 amide bonds. The summed E-state index contributed by atoms with van der Waals surface area (Å²) in [5, 5.41) is 9.54. The Hall–Kier alpha value is 2.05. The molecule has 0 rings (SSSR count). The van der Waals surface area contributed by atoms with Gasteiger partial charge < -0.3 is 43.6 Å². The van der Waals surface area contributed by atoms with Crippen molar-refractivity contribution in [3.8, 4) is 0 Å². The summed E-state index contributed by atoms with van der Waals surface area (Å²) >= 11 is 0. The second kappa shape index (κ2) is 27.1. The second-order valence-corrected chi connectivity index (χ2v) is 6.68. The smallest absolute Gasteiger partial charge is 0.822 e. The van der Waals surface area contributed by atoms with E-state index in [2.05, 4.69) is 13.8 Å². The van der Waals surface area contributed by atoms with Crippen LogP contribution >= 0.6 is 15.6 Å². The van der Waals surface area contributed by atoms with Crippen LogP contribution in [-0.2, 0) is 67.6 Å². The van der Waals surface area contributed by atoms with Crippen LogP contribution in [0.15, 0.2) is 0 Å². The molecule has 0 aromatic heterocycles. The molecule has 0 spiro atoms. The molecule has 1 unspecified atom stereocenters. The Labute approximate surface area is 194 Å². The van der Waals surface area contributed by atoms with Crippen LogP contribution in [0.1, 0.15) is 71.6 Å². The second-order valence-electron chi connectivity index (χ2n) is 4.89.